The van der Waals surface area contributed by atoms with Gasteiger partial charge in [-0.05, 0) is 50.2 Å². The van der Waals surface area contributed by atoms with Gasteiger partial charge in [-0.2, -0.15) is 14.9 Å². The minimum absolute atomic E-state index is 0.472. The number of anilines is 3. The van der Waals surface area contributed by atoms with Crippen molar-refractivity contribution in [3.8, 4) is 6.07 Å². The minimum Gasteiger partial charge on any atom is -0.369 e. The van der Waals surface area contributed by atoms with E-state index in [4.69, 9.17) is 28.2 Å². The van der Waals surface area contributed by atoms with E-state index >= 15 is 0 Å². The van der Waals surface area contributed by atoms with Gasteiger partial charge in [0.25, 0.3) is 0 Å². The highest BCUT2D eigenvalue weighted by Crippen LogP contribution is 2.24. The van der Waals surface area contributed by atoms with E-state index in [1.54, 1.807) is 10.7 Å². The molecule has 4 rings (SSSR count). The third-order valence-corrected chi connectivity index (χ3v) is 5.78. The van der Waals surface area contributed by atoms with Crippen molar-refractivity contribution in [2.45, 2.75) is 19.4 Å². The number of likely N-dealkylation sites (tertiary alicyclic amines) is 1. The maximum Gasteiger partial charge on any atom is 0.175 e. The van der Waals surface area contributed by atoms with Crippen LogP contribution in [-0.4, -0.2) is 57.4 Å². The second kappa shape index (κ2) is 10.2. The van der Waals surface area contributed by atoms with E-state index in [2.05, 4.69) is 38.4 Å². The maximum atomic E-state index is 9.45. The number of nitriles is 1. The molecule has 1 aliphatic rings. The molecule has 0 atom stereocenters. The monoisotopic (exact) mass is 457 g/mol. The highest BCUT2D eigenvalue weighted by Gasteiger charge is 2.16. The number of alkyl halides is 2. The fraction of sp³-hybridized carbons (Fsp3) is 0.409. The van der Waals surface area contributed by atoms with Gasteiger partial charge in [0.1, 0.15) is 17.5 Å². The molecule has 0 unspecified atom stereocenters. The van der Waals surface area contributed by atoms with Crippen molar-refractivity contribution in [1.29, 1.82) is 5.26 Å². The Morgan fingerprint density at radius 3 is 2.45 bits per heavy atom. The Hall–Kier alpha value is -2.53. The number of nitrogens with one attached hydrogen (secondary N) is 1. The number of nitrogens with zero attached hydrogens (tertiary/aromatic N) is 6. The fourth-order valence-corrected chi connectivity index (χ4v) is 4.32. The largest absolute Gasteiger partial charge is 0.369 e. The molecule has 1 aliphatic heterocycles. The van der Waals surface area contributed by atoms with Gasteiger partial charge in [-0.25, -0.2) is 4.98 Å². The lowest BCUT2D eigenvalue weighted by molar-refractivity contribution is 0.327. The van der Waals surface area contributed by atoms with Crippen LogP contribution in [0.2, 0.25) is 0 Å². The first kappa shape index (κ1) is 21.7. The molecule has 0 saturated carbocycles. The Morgan fingerprint density at radius 2 is 1.81 bits per heavy atom. The summed E-state index contributed by atoms with van der Waals surface area (Å²) in [6, 6.07) is 12.3. The number of rotatable bonds is 9. The van der Waals surface area contributed by atoms with Crippen LogP contribution in [0.15, 0.2) is 36.5 Å². The van der Waals surface area contributed by atoms with Crippen LogP contribution in [0.4, 0.5) is 17.2 Å². The van der Waals surface area contributed by atoms with Gasteiger partial charge in [0.2, 0.25) is 0 Å². The Kier molecular flexibility index (Phi) is 7.13. The lowest BCUT2D eigenvalue weighted by atomic mass is 10.2. The standard InChI is InChI=1S/C22H25Cl2N7/c23-7-11-30(12-8-24)20-5-3-18(4-6-20)27-21-13-19(16-29-9-1-2-10-29)28-22-17(14-25)15-26-31(21)22/h3-6,13,15,27H,1-2,7-12,16H2. The number of halogens is 2. The van der Waals surface area contributed by atoms with Crippen LogP contribution in [0.3, 0.4) is 0 Å². The fourth-order valence-electron chi connectivity index (χ4n) is 3.91. The van der Waals surface area contributed by atoms with E-state index < -0.39 is 0 Å². The summed E-state index contributed by atoms with van der Waals surface area (Å²) in [4.78, 5) is 9.27. The summed E-state index contributed by atoms with van der Waals surface area (Å²) in [6.07, 6.45) is 4.01. The second-order valence-corrected chi connectivity index (χ2v) is 8.31. The van der Waals surface area contributed by atoms with Crippen LogP contribution in [0.25, 0.3) is 5.65 Å². The van der Waals surface area contributed by atoms with Crippen molar-refractivity contribution < 1.29 is 0 Å². The van der Waals surface area contributed by atoms with E-state index in [0.717, 1.165) is 55.6 Å². The molecule has 3 heterocycles. The van der Waals surface area contributed by atoms with Gasteiger partial charge in [0.15, 0.2) is 5.65 Å². The van der Waals surface area contributed by atoms with Crippen molar-refractivity contribution in [2.24, 2.45) is 0 Å². The average Bonchev–Trinajstić information content (AvgIpc) is 3.44. The van der Waals surface area contributed by atoms with Crippen molar-refractivity contribution in [1.82, 2.24) is 19.5 Å². The Balaban J connectivity index is 1.61. The first-order valence-electron chi connectivity index (χ1n) is 10.5. The molecule has 1 fully saturated rings. The van der Waals surface area contributed by atoms with Gasteiger partial charge in [-0.1, -0.05) is 0 Å². The number of benzene rings is 1. The summed E-state index contributed by atoms with van der Waals surface area (Å²) >= 11 is 11.9. The zero-order valence-electron chi connectivity index (χ0n) is 17.3. The molecule has 0 amide bonds. The van der Waals surface area contributed by atoms with Crippen molar-refractivity contribution in [3.05, 3.63) is 47.8 Å². The molecule has 1 saturated heterocycles. The average molecular weight is 458 g/mol. The number of fused-ring (bicyclic) bond motifs is 1. The summed E-state index contributed by atoms with van der Waals surface area (Å²) in [5.74, 6) is 1.88. The quantitative estimate of drug-likeness (QED) is 0.484. The summed E-state index contributed by atoms with van der Waals surface area (Å²) in [7, 11) is 0. The first-order chi connectivity index (χ1) is 15.2. The number of hydrogen-bond donors (Lipinski definition) is 1. The lowest BCUT2D eigenvalue weighted by Crippen LogP contribution is -2.27. The predicted molar refractivity (Wildman–Crippen MR) is 126 cm³/mol. The third kappa shape index (κ3) is 5.04. The molecule has 31 heavy (non-hydrogen) atoms. The van der Waals surface area contributed by atoms with Crippen LogP contribution in [0.1, 0.15) is 24.1 Å². The van der Waals surface area contributed by atoms with Gasteiger partial charge in [-0.3, -0.25) is 4.90 Å². The predicted octanol–water partition coefficient (Wildman–Crippen LogP) is 4.22. The van der Waals surface area contributed by atoms with Crippen LogP contribution in [-0.2, 0) is 6.54 Å². The minimum atomic E-state index is 0.472. The normalized spacial score (nSPS) is 14.1. The van der Waals surface area contributed by atoms with E-state index in [1.807, 2.05) is 18.2 Å². The summed E-state index contributed by atoms with van der Waals surface area (Å²) in [5, 5.41) is 17.3. The van der Waals surface area contributed by atoms with E-state index in [-0.39, 0.29) is 0 Å². The summed E-state index contributed by atoms with van der Waals surface area (Å²) < 4.78 is 1.69. The maximum absolute atomic E-state index is 9.45. The van der Waals surface area contributed by atoms with Crippen LogP contribution >= 0.6 is 23.2 Å². The molecule has 2 aromatic heterocycles. The Morgan fingerprint density at radius 1 is 1.10 bits per heavy atom. The SMILES string of the molecule is N#Cc1cnn2c(Nc3ccc(N(CCCl)CCCl)cc3)cc(CN3CCCC3)nc12. The molecule has 7 nitrogen and oxygen atoms in total. The number of aromatic nitrogens is 3. The van der Waals surface area contributed by atoms with E-state index in [1.165, 1.54) is 12.8 Å². The van der Waals surface area contributed by atoms with Gasteiger partial charge >= 0.3 is 0 Å². The van der Waals surface area contributed by atoms with Gasteiger partial charge in [-0.15, -0.1) is 23.2 Å². The summed E-state index contributed by atoms with van der Waals surface area (Å²) in [6.45, 7) is 4.43. The smallest absolute Gasteiger partial charge is 0.175 e. The van der Waals surface area contributed by atoms with Gasteiger partial charge in [0.05, 0.1) is 11.9 Å². The van der Waals surface area contributed by atoms with Crippen molar-refractivity contribution in [3.63, 3.8) is 0 Å². The molecule has 1 aromatic carbocycles. The zero-order valence-corrected chi connectivity index (χ0v) is 18.8. The molecule has 9 heteroatoms. The zero-order chi connectivity index (χ0) is 21.6. The van der Waals surface area contributed by atoms with Crippen molar-refractivity contribution >= 4 is 46.0 Å². The second-order valence-electron chi connectivity index (χ2n) is 7.56. The van der Waals surface area contributed by atoms with E-state index in [0.29, 0.717) is 23.0 Å². The van der Waals surface area contributed by atoms with Crippen LogP contribution < -0.4 is 10.2 Å². The highest BCUT2D eigenvalue weighted by atomic mass is 35.5. The molecular formula is C22H25Cl2N7. The molecule has 3 aromatic rings. The Bertz CT molecular complexity index is 1050. The topological polar surface area (TPSA) is 72.5 Å². The molecule has 0 spiro atoms. The molecule has 1 N–H and O–H groups in total. The van der Waals surface area contributed by atoms with Gasteiger partial charge in [0, 0.05) is 48.8 Å². The summed E-state index contributed by atoms with van der Waals surface area (Å²) in [5.41, 5.74) is 3.98. The van der Waals surface area contributed by atoms with Crippen molar-refractivity contribution in [2.75, 3.05) is 48.2 Å². The first-order valence-corrected chi connectivity index (χ1v) is 11.5. The highest BCUT2D eigenvalue weighted by molar-refractivity contribution is 6.18. The Labute approximate surface area is 192 Å². The molecular weight excluding hydrogens is 433 g/mol. The van der Waals surface area contributed by atoms with Crippen LogP contribution in [0, 0.1) is 11.3 Å². The molecule has 0 aliphatic carbocycles. The third-order valence-electron chi connectivity index (χ3n) is 5.44. The van der Waals surface area contributed by atoms with E-state index in [9.17, 15) is 5.26 Å². The lowest BCUT2D eigenvalue weighted by Gasteiger charge is -2.23. The van der Waals surface area contributed by atoms with Crippen LogP contribution in [0.5, 0.6) is 0 Å². The molecule has 0 bridgehead atoms. The molecule has 162 valence electrons. The number of hydrogen-bond acceptors (Lipinski definition) is 6. The van der Waals surface area contributed by atoms with Gasteiger partial charge < -0.3 is 10.2 Å². The molecule has 0 radical (unpaired) electrons.